The molecule has 100 valence electrons. The van der Waals surface area contributed by atoms with Crippen LogP contribution in [0.15, 0.2) is 16.7 Å². The first-order valence-corrected chi connectivity index (χ1v) is 7.59. The van der Waals surface area contributed by atoms with Crippen LogP contribution in [0.4, 0.5) is 11.5 Å². The summed E-state index contributed by atoms with van der Waals surface area (Å²) in [5.74, 6) is 2.62. The highest BCUT2D eigenvalue weighted by Gasteiger charge is 2.17. The highest BCUT2D eigenvalue weighted by atomic mass is 79.9. The van der Waals surface area contributed by atoms with Crippen LogP contribution in [0, 0.1) is 11.8 Å². The highest BCUT2D eigenvalue weighted by Crippen LogP contribution is 2.30. The van der Waals surface area contributed by atoms with Crippen molar-refractivity contribution < 1.29 is 0 Å². The van der Waals surface area contributed by atoms with Crippen molar-refractivity contribution in [3.05, 3.63) is 16.7 Å². The molecule has 1 aromatic heterocycles. The number of nitrogens with two attached hydrogens (primary N) is 1. The topological polar surface area (TPSA) is 50.9 Å². The van der Waals surface area contributed by atoms with Crippen LogP contribution in [-0.4, -0.2) is 11.5 Å². The van der Waals surface area contributed by atoms with Gasteiger partial charge < -0.3 is 11.1 Å². The molecule has 2 rings (SSSR count). The first-order chi connectivity index (χ1) is 8.65. The molecule has 3 N–H and O–H groups in total. The van der Waals surface area contributed by atoms with Crippen molar-refractivity contribution >= 4 is 27.4 Å². The minimum absolute atomic E-state index is 0.710. The average molecular weight is 312 g/mol. The van der Waals surface area contributed by atoms with Gasteiger partial charge in [0.2, 0.25) is 0 Å². The molecule has 1 aliphatic rings. The third-order valence-corrected chi connectivity index (χ3v) is 4.30. The minimum Gasteiger partial charge on any atom is -0.396 e. The predicted octanol–water partition coefficient (Wildman–Crippen LogP) is 4.05. The number of anilines is 2. The van der Waals surface area contributed by atoms with E-state index >= 15 is 0 Å². The first-order valence-electron chi connectivity index (χ1n) is 6.80. The second kappa shape index (κ2) is 6.41. The van der Waals surface area contributed by atoms with E-state index in [9.17, 15) is 0 Å². The molecule has 0 radical (unpaired) electrons. The monoisotopic (exact) mass is 311 g/mol. The van der Waals surface area contributed by atoms with Crippen LogP contribution >= 0.6 is 15.9 Å². The third-order valence-electron chi connectivity index (χ3n) is 3.86. The average Bonchev–Trinajstić information content (AvgIpc) is 2.34. The molecule has 4 heteroatoms. The maximum absolute atomic E-state index is 5.90. The molecular weight excluding hydrogens is 290 g/mol. The normalized spacial score (nSPS) is 23.9. The number of nitrogens with zero attached hydrogens (tertiary/aromatic N) is 1. The molecule has 0 amide bonds. The summed E-state index contributed by atoms with van der Waals surface area (Å²) in [7, 11) is 0. The smallest absolute Gasteiger partial charge is 0.149 e. The summed E-state index contributed by atoms with van der Waals surface area (Å²) >= 11 is 3.36. The molecule has 0 aromatic carbocycles. The molecule has 1 heterocycles. The van der Waals surface area contributed by atoms with E-state index in [0.29, 0.717) is 5.69 Å². The SMILES string of the molecule is CC1CCC(CCNc2ncc(Br)cc2N)CC1. The molecule has 1 fully saturated rings. The van der Waals surface area contributed by atoms with Gasteiger partial charge in [0, 0.05) is 17.2 Å². The quantitative estimate of drug-likeness (QED) is 0.881. The summed E-state index contributed by atoms with van der Waals surface area (Å²) in [6.45, 7) is 3.33. The summed E-state index contributed by atoms with van der Waals surface area (Å²) in [6.07, 6.45) is 8.55. The van der Waals surface area contributed by atoms with E-state index in [1.54, 1.807) is 6.20 Å². The molecule has 0 atom stereocenters. The number of hydrogen-bond acceptors (Lipinski definition) is 3. The summed E-state index contributed by atoms with van der Waals surface area (Å²) in [5.41, 5.74) is 6.61. The van der Waals surface area contributed by atoms with Crippen LogP contribution in [0.25, 0.3) is 0 Å². The lowest BCUT2D eigenvalue weighted by Crippen LogP contribution is -2.16. The summed E-state index contributed by atoms with van der Waals surface area (Å²) in [4.78, 5) is 4.29. The number of rotatable bonds is 4. The van der Waals surface area contributed by atoms with Crippen molar-refractivity contribution in [1.82, 2.24) is 4.98 Å². The van der Waals surface area contributed by atoms with Gasteiger partial charge in [-0.25, -0.2) is 4.98 Å². The lowest BCUT2D eigenvalue weighted by Gasteiger charge is -2.26. The van der Waals surface area contributed by atoms with Crippen molar-refractivity contribution in [3.8, 4) is 0 Å². The number of halogens is 1. The van der Waals surface area contributed by atoms with E-state index in [4.69, 9.17) is 5.73 Å². The zero-order chi connectivity index (χ0) is 13.0. The van der Waals surface area contributed by atoms with Crippen LogP contribution in [-0.2, 0) is 0 Å². The van der Waals surface area contributed by atoms with E-state index in [-0.39, 0.29) is 0 Å². The number of hydrogen-bond donors (Lipinski definition) is 2. The molecule has 1 aromatic rings. The maximum Gasteiger partial charge on any atom is 0.149 e. The molecule has 0 bridgehead atoms. The molecule has 0 aliphatic heterocycles. The number of nitrogens with one attached hydrogen (secondary N) is 1. The van der Waals surface area contributed by atoms with Gasteiger partial charge in [-0.05, 0) is 40.3 Å². The van der Waals surface area contributed by atoms with E-state index < -0.39 is 0 Å². The molecule has 0 unspecified atom stereocenters. The number of nitrogen functional groups attached to an aromatic ring is 1. The van der Waals surface area contributed by atoms with Gasteiger partial charge in [0.15, 0.2) is 0 Å². The van der Waals surface area contributed by atoms with Gasteiger partial charge in [0.1, 0.15) is 5.82 Å². The first kappa shape index (κ1) is 13.7. The van der Waals surface area contributed by atoms with Gasteiger partial charge in [-0.3, -0.25) is 0 Å². The van der Waals surface area contributed by atoms with E-state index in [2.05, 4.69) is 33.2 Å². The lowest BCUT2D eigenvalue weighted by molar-refractivity contribution is 0.282. The van der Waals surface area contributed by atoms with Crippen molar-refractivity contribution in [3.63, 3.8) is 0 Å². The van der Waals surface area contributed by atoms with Crippen molar-refractivity contribution in [2.45, 2.75) is 39.0 Å². The van der Waals surface area contributed by atoms with Crippen molar-refractivity contribution in [2.24, 2.45) is 11.8 Å². The molecule has 3 nitrogen and oxygen atoms in total. The Bertz CT molecular complexity index is 387. The van der Waals surface area contributed by atoms with Crippen LogP contribution in [0.2, 0.25) is 0 Å². The Labute approximate surface area is 118 Å². The van der Waals surface area contributed by atoms with E-state index in [1.165, 1.54) is 32.1 Å². The Morgan fingerprint density at radius 2 is 2.11 bits per heavy atom. The van der Waals surface area contributed by atoms with Crippen molar-refractivity contribution in [2.75, 3.05) is 17.6 Å². The molecule has 0 saturated heterocycles. The zero-order valence-corrected chi connectivity index (χ0v) is 12.5. The maximum atomic E-state index is 5.90. The standard InChI is InChI=1S/C14H22BrN3/c1-10-2-4-11(5-3-10)6-7-17-14-13(16)8-12(15)9-18-14/h8-11H,2-7,16H2,1H3,(H,17,18). The summed E-state index contributed by atoms with van der Waals surface area (Å²) < 4.78 is 0.923. The predicted molar refractivity (Wildman–Crippen MR) is 80.6 cm³/mol. The zero-order valence-electron chi connectivity index (χ0n) is 11.0. The Morgan fingerprint density at radius 3 is 2.78 bits per heavy atom. The molecule has 1 saturated carbocycles. The number of pyridine rings is 1. The van der Waals surface area contributed by atoms with E-state index in [0.717, 1.165) is 28.7 Å². The second-order valence-electron chi connectivity index (χ2n) is 5.43. The fraction of sp³-hybridized carbons (Fsp3) is 0.643. The van der Waals surface area contributed by atoms with Gasteiger partial charge >= 0.3 is 0 Å². The second-order valence-corrected chi connectivity index (χ2v) is 6.35. The van der Waals surface area contributed by atoms with Crippen LogP contribution in [0.5, 0.6) is 0 Å². The van der Waals surface area contributed by atoms with Crippen LogP contribution in [0.1, 0.15) is 39.0 Å². The Balaban J connectivity index is 1.75. The largest absolute Gasteiger partial charge is 0.396 e. The highest BCUT2D eigenvalue weighted by molar-refractivity contribution is 9.10. The third kappa shape index (κ3) is 3.87. The van der Waals surface area contributed by atoms with Crippen LogP contribution in [0.3, 0.4) is 0 Å². The van der Waals surface area contributed by atoms with Gasteiger partial charge in [0.25, 0.3) is 0 Å². The summed E-state index contributed by atoms with van der Waals surface area (Å²) in [5, 5.41) is 3.34. The lowest BCUT2D eigenvalue weighted by atomic mass is 9.81. The van der Waals surface area contributed by atoms with Gasteiger partial charge in [0.05, 0.1) is 5.69 Å². The Morgan fingerprint density at radius 1 is 1.39 bits per heavy atom. The summed E-state index contributed by atoms with van der Waals surface area (Å²) in [6, 6.07) is 1.89. The van der Waals surface area contributed by atoms with E-state index in [1.807, 2.05) is 6.07 Å². The Hall–Kier alpha value is -0.770. The molecule has 0 spiro atoms. The molecular formula is C14H22BrN3. The van der Waals surface area contributed by atoms with Crippen LogP contribution < -0.4 is 11.1 Å². The van der Waals surface area contributed by atoms with Gasteiger partial charge in [-0.2, -0.15) is 0 Å². The fourth-order valence-electron chi connectivity index (χ4n) is 2.62. The Kier molecular flexibility index (Phi) is 4.87. The molecule has 18 heavy (non-hydrogen) atoms. The minimum atomic E-state index is 0.710. The fourth-order valence-corrected chi connectivity index (χ4v) is 2.96. The number of aromatic nitrogens is 1. The molecule has 1 aliphatic carbocycles. The van der Waals surface area contributed by atoms with Gasteiger partial charge in [-0.1, -0.05) is 32.6 Å². The van der Waals surface area contributed by atoms with Gasteiger partial charge in [-0.15, -0.1) is 0 Å². The van der Waals surface area contributed by atoms with Crippen molar-refractivity contribution in [1.29, 1.82) is 0 Å².